The molecule has 136 valence electrons. The molecule has 4 heterocycles. The Morgan fingerprint density at radius 3 is 2.48 bits per heavy atom. The Balaban J connectivity index is 1.67. The Morgan fingerprint density at radius 1 is 1.16 bits per heavy atom. The van der Waals surface area contributed by atoms with E-state index in [2.05, 4.69) is 4.90 Å². The van der Waals surface area contributed by atoms with Crippen molar-refractivity contribution < 1.29 is 13.6 Å². The zero-order valence-electron chi connectivity index (χ0n) is 14.5. The number of amides is 1. The molecule has 1 aromatic carbocycles. The van der Waals surface area contributed by atoms with E-state index in [1.807, 2.05) is 11.2 Å². The molecule has 1 aromatic rings. The van der Waals surface area contributed by atoms with Crippen LogP contribution in [0.15, 0.2) is 18.2 Å². The predicted molar refractivity (Wildman–Crippen MR) is 95.7 cm³/mol. The van der Waals surface area contributed by atoms with Gasteiger partial charge < -0.3 is 4.90 Å². The number of nitrogens with zero attached hydrogens (tertiary/aromatic N) is 2. The SMILES string of the molecule is CSCCC(=O)N1C[C@H](c2cc(F)cc(F)c2)[C@H]2[C@@H]1C1CCN2CC1. The van der Waals surface area contributed by atoms with Gasteiger partial charge in [0.2, 0.25) is 5.91 Å². The summed E-state index contributed by atoms with van der Waals surface area (Å²) in [6.07, 6.45) is 4.80. The summed E-state index contributed by atoms with van der Waals surface area (Å²) in [7, 11) is 0. The Bertz CT molecular complexity index is 643. The summed E-state index contributed by atoms with van der Waals surface area (Å²) in [6, 6.07) is 4.22. The maximum atomic E-state index is 13.8. The first-order chi connectivity index (χ1) is 12.1. The third-order valence-corrected chi connectivity index (χ3v) is 6.76. The van der Waals surface area contributed by atoms with Gasteiger partial charge in [-0.3, -0.25) is 9.69 Å². The van der Waals surface area contributed by atoms with Crippen molar-refractivity contribution in [1.82, 2.24) is 9.80 Å². The molecule has 6 heteroatoms. The molecule has 0 aliphatic carbocycles. The lowest BCUT2D eigenvalue weighted by molar-refractivity contribution is -0.135. The normalized spacial score (nSPS) is 33.6. The molecule has 0 aromatic heterocycles. The molecule has 3 atom stereocenters. The number of likely N-dealkylation sites (tertiary alicyclic amines) is 1. The summed E-state index contributed by atoms with van der Waals surface area (Å²) >= 11 is 1.68. The molecule has 0 radical (unpaired) electrons. The highest BCUT2D eigenvalue weighted by Gasteiger charge is 2.54. The third-order valence-electron chi connectivity index (χ3n) is 6.15. The number of thioether (sulfide) groups is 1. The molecule has 4 saturated heterocycles. The van der Waals surface area contributed by atoms with Gasteiger partial charge >= 0.3 is 0 Å². The van der Waals surface area contributed by atoms with E-state index in [1.165, 1.54) is 12.1 Å². The number of hydrogen-bond donors (Lipinski definition) is 0. The minimum atomic E-state index is -0.533. The highest BCUT2D eigenvalue weighted by atomic mass is 32.2. The molecule has 0 N–H and O–H groups in total. The predicted octanol–water partition coefficient (Wildman–Crippen LogP) is 3.11. The van der Waals surface area contributed by atoms with Crippen molar-refractivity contribution in [2.75, 3.05) is 31.6 Å². The molecule has 0 unspecified atom stereocenters. The Kier molecular flexibility index (Phi) is 4.75. The number of carbonyl (C=O) groups is 1. The van der Waals surface area contributed by atoms with Gasteiger partial charge in [-0.05, 0) is 55.8 Å². The molecule has 4 aliphatic rings. The standard InChI is InChI=1S/C19H24F2N2OS/c1-25-7-4-17(24)23-11-16(13-8-14(20)10-15(21)9-13)19-18(23)12-2-5-22(19)6-3-12/h8-10,12,16,18-19H,2-7,11H2,1H3/t16-,18+,19+/m1/s1. The van der Waals surface area contributed by atoms with Crippen LogP contribution >= 0.6 is 11.8 Å². The highest BCUT2D eigenvalue weighted by molar-refractivity contribution is 7.98. The van der Waals surface area contributed by atoms with E-state index in [0.29, 0.717) is 24.4 Å². The van der Waals surface area contributed by atoms with Crippen LogP contribution in [0.3, 0.4) is 0 Å². The van der Waals surface area contributed by atoms with Gasteiger partial charge in [-0.1, -0.05) is 0 Å². The van der Waals surface area contributed by atoms with Crippen molar-refractivity contribution in [1.29, 1.82) is 0 Å². The molecular weight excluding hydrogens is 342 g/mol. The zero-order valence-corrected chi connectivity index (χ0v) is 15.3. The van der Waals surface area contributed by atoms with Crippen molar-refractivity contribution in [2.24, 2.45) is 5.92 Å². The number of halogens is 2. The van der Waals surface area contributed by atoms with Crippen LogP contribution in [0.4, 0.5) is 8.78 Å². The molecule has 4 fully saturated rings. The van der Waals surface area contributed by atoms with Gasteiger partial charge in [-0.2, -0.15) is 11.8 Å². The van der Waals surface area contributed by atoms with E-state index in [4.69, 9.17) is 0 Å². The minimum Gasteiger partial charge on any atom is -0.337 e. The fourth-order valence-electron chi connectivity index (χ4n) is 5.12. The Hall–Kier alpha value is -1.14. The lowest BCUT2D eigenvalue weighted by atomic mass is 9.75. The number of fused-ring (bicyclic) bond motifs is 2. The summed E-state index contributed by atoms with van der Waals surface area (Å²) in [4.78, 5) is 17.3. The second-order valence-corrected chi connectivity index (χ2v) is 8.44. The topological polar surface area (TPSA) is 23.6 Å². The summed E-state index contributed by atoms with van der Waals surface area (Å²) in [5.74, 6) is 0.468. The maximum Gasteiger partial charge on any atom is 0.223 e. The van der Waals surface area contributed by atoms with Gasteiger partial charge in [0.15, 0.2) is 0 Å². The summed E-state index contributed by atoms with van der Waals surface area (Å²) < 4.78 is 27.6. The minimum absolute atomic E-state index is 0.00321. The Labute approximate surface area is 151 Å². The van der Waals surface area contributed by atoms with Crippen LogP contribution in [0.5, 0.6) is 0 Å². The maximum absolute atomic E-state index is 13.8. The quantitative estimate of drug-likeness (QED) is 0.818. The van der Waals surface area contributed by atoms with E-state index in [-0.39, 0.29) is 23.9 Å². The molecule has 25 heavy (non-hydrogen) atoms. The van der Waals surface area contributed by atoms with Gasteiger partial charge in [0.05, 0.1) is 6.04 Å². The number of carbonyl (C=O) groups excluding carboxylic acids is 1. The average Bonchev–Trinajstić information content (AvgIpc) is 3.03. The van der Waals surface area contributed by atoms with Gasteiger partial charge in [0, 0.05) is 36.7 Å². The van der Waals surface area contributed by atoms with Crippen molar-refractivity contribution in [3.63, 3.8) is 0 Å². The monoisotopic (exact) mass is 366 g/mol. The average molecular weight is 366 g/mol. The first kappa shape index (κ1) is 17.3. The van der Waals surface area contributed by atoms with Crippen molar-refractivity contribution in [2.45, 2.75) is 37.3 Å². The number of benzene rings is 1. The van der Waals surface area contributed by atoms with Gasteiger partial charge in [0.1, 0.15) is 11.6 Å². The van der Waals surface area contributed by atoms with Gasteiger partial charge in [-0.15, -0.1) is 0 Å². The number of piperidine rings is 3. The van der Waals surface area contributed by atoms with Crippen LogP contribution in [0.25, 0.3) is 0 Å². The van der Waals surface area contributed by atoms with E-state index in [1.54, 1.807) is 11.8 Å². The first-order valence-corrected chi connectivity index (χ1v) is 10.5. The molecule has 5 rings (SSSR count). The molecular formula is C19H24F2N2OS. The van der Waals surface area contributed by atoms with Crippen LogP contribution in [-0.2, 0) is 4.79 Å². The Morgan fingerprint density at radius 2 is 1.84 bits per heavy atom. The summed E-state index contributed by atoms with van der Waals surface area (Å²) in [6.45, 7) is 2.65. The number of hydrogen-bond acceptors (Lipinski definition) is 3. The number of rotatable bonds is 4. The first-order valence-electron chi connectivity index (χ1n) is 9.07. The summed E-state index contributed by atoms with van der Waals surface area (Å²) in [5, 5.41) is 0. The van der Waals surface area contributed by atoms with Crippen molar-refractivity contribution >= 4 is 17.7 Å². The zero-order chi connectivity index (χ0) is 17.6. The van der Waals surface area contributed by atoms with Crippen LogP contribution < -0.4 is 0 Å². The van der Waals surface area contributed by atoms with E-state index in [0.717, 1.165) is 37.8 Å². The molecule has 0 saturated carbocycles. The second kappa shape index (κ2) is 6.88. The third kappa shape index (κ3) is 3.08. The highest BCUT2D eigenvalue weighted by Crippen LogP contribution is 2.46. The summed E-state index contributed by atoms with van der Waals surface area (Å²) in [5.41, 5.74) is 0.695. The van der Waals surface area contributed by atoms with Crippen molar-refractivity contribution in [3.05, 3.63) is 35.4 Å². The van der Waals surface area contributed by atoms with Gasteiger partial charge in [-0.25, -0.2) is 8.78 Å². The van der Waals surface area contributed by atoms with Gasteiger partial charge in [0.25, 0.3) is 0 Å². The smallest absolute Gasteiger partial charge is 0.223 e. The van der Waals surface area contributed by atoms with Crippen LogP contribution in [0, 0.1) is 17.6 Å². The lowest BCUT2D eigenvalue weighted by Gasteiger charge is -2.51. The lowest BCUT2D eigenvalue weighted by Crippen LogP contribution is -2.60. The van der Waals surface area contributed by atoms with Crippen LogP contribution in [0.1, 0.15) is 30.7 Å². The largest absolute Gasteiger partial charge is 0.337 e. The molecule has 2 bridgehead atoms. The molecule has 4 aliphatic heterocycles. The fraction of sp³-hybridized carbons (Fsp3) is 0.632. The van der Waals surface area contributed by atoms with Crippen molar-refractivity contribution in [3.8, 4) is 0 Å². The molecule has 3 nitrogen and oxygen atoms in total. The fourth-order valence-corrected chi connectivity index (χ4v) is 5.50. The molecule has 0 spiro atoms. The van der Waals surface area contributed by atoms with Crippen LogP contribution in [-0.4, -0.2) is 59.4 Å². The van der Waals surface area contributed by atoms with E-state index in [9.17, 15) is 13.6 Å². The van der Waals surface area contributed by atoms with Crippen LogP contribution in [0.2, 0.25) is 0 Å². The van der Waals surface area contributed by atoms with E-state index < -0.39 is 11.6 Å². The molecule has 1 amide bonds. The second-order valence-electron chi connectivity index (χ2n) is 7.45. The van der Waals surface area contributed by atoms with E-state index >= 15 is 0 Å².